The van der Waals surface area contributed by atoms with Gasteiger partial charge in [-0.2, -0.15) is 0 Å². The molecule has 1 aromatic carbocycles. The second kappa shape index (κ2) is 5.04. The Morgan fingerprint density at radius 2 is 2.00 bits per heavy atom. The molecule has 0 radical (unpaired) electrons. The van der Waals surface area contributed by atoms with Crippen LogP contribution in [0.3, 0.4) is 0 Å². The fourth-order valence-electron chi connectivity index (χ4n) is 3.49. The summed E-state index contributed by atoms with van der Waals surface area (Å²) in [5.74, 6) is 2.06. The summed E-state index contributed by atoms with van der Waals surface area (Å²) in [7, 11) is 0. The molecule has 0 spiro atoms. The smallest absolute Gasteiger partial charge is 0.223 e. The number of carbonyl (C=O) groups is 1. The molecule has 0 aliphatic heterocycles. The largest absolute Gasteiger partial charge is 0.352 e. The van der Waals surface area contributed by atoms with Gasteiger partial charge in [-0.15, -0.1) is 0 Å². The van der Waals surface area contributed by atoms with E-state index < -0.39 is 0 Å². The summed E-state index contributed by atoms with van der Waals surface area (Å²) in [5, 5.41) is 3.09. The van der Waals surface area contributed by atoms with Crippen molar-refractivity contribution in [3.8, 4) is 0 Å². The van der Waals surface area contributed by atoms with Crippen molar-refractivity contribution in [3.63, 3.8) is 0 Å². The van der Waals surface area contributed by atoms with Crippen LogP contribution in [0.2, 0.25) is 0 Å². The first-order valence-corrected chi connectivity index (χ1v) is 7.54. The molecule has 2 aliphatic carbocycles. The zero-order chi connectivity index (χ0) is 12.5. The number of hydrogen-bond donors (Lipinski definition) is 1. The van der Waals surface area contributed by atoms with E-state index in [1.807, 2.05) is 24.3 Å². The third-order valence-electron chi connectivity index (χ3n) is 4.45. The lowest BCUT2D eigenvalue weighted by Gasteiger charge is -2.20. The van der Waals surface area contributed by atoms with E-state index in [4.69, 9.17) is 0 Å². The highest BCUT2D eigenvalue weighted by Gasteiger charge is 2.42. The molecule has 0 heterocycles. The molecule has 0 saturated heterocycles. The first-order valence-electron chi connectivity index (χ1n) is 6.74. The Balaban J connectivity index is 1.54. The molecule has 2 bridgehead atoms. The summed E-state index contributed by atoms with van der Waals surface area (Å²) < 4.78 is 1.07. The lowest BCUT2D eigenvalue weighted by atomic mass is 9.88. The van der Waals surface area contributed by atoms with Crippen LogP contribution in [0.5, 0.6) is 0 Å². The third-order valence-corrected chi connectivity index (χ3v) is 4.98. The Kier molecular flexibility index (Phi) is 3.42. The monoisotopic (exact) mass is 307 g/mol. The number of rotatable bonds is 3. The van der Waals surface area contributed by atoms with Crippen LogP contribution in [-0.4, -0.2) is 5.91 Å². The van der Waals surface area contributed by atoms with Crippen molar-refractivity contribution in [2.75, 3.05) is 0 Å². The van der Waals surface area contributed by atoms with Crippen molar-refractivity contribution in [3.05, 3.63) is 34.3 Å². The van der Waals surface area contributed by atoms with Crippen LogP contribution in [0.1, 0.15) is 31.2 Å². The number of hydrogen-bond acceptors (Lipinski definition) is 1. The number of nitrogens with one attached hydrogen (secondary N) is 1. The van der Waals surface area contributed by atoms with E-state index in [2.05, 4.69) is 21.2 Å². The van der Waals surface area contributed by atoms with Gasteiger partial charge in [-0.05, 0) is 48.8 Å². The molecule has 1 amide bonds. The molecule has 96 valence electrons. The maximum Gasteiger partial charge on any atom is 0.223 e. The van der Waals surface area contributed by atoms with Crippen LogP contribution in [-0.2, 0) is 11.3 Å². The van der Waals surface area contributed by atoms with Gasteiger partial charge in [0.2, 0.25) is 5.91 Å². The molecule has 2 saturated carbocycles. The maximum absolute atomic E-state index is 12.2. The van der Waals surface area contributed by atoms with Crippen molar-refractivity contribution < 1.29 is 4.79 Å². The van der Waals surface area contributed by atoms with Gasteiger partial charge in [0.05, 0.1) is 0 Å². The van der Waals surface area contributed by atoms with E-state index in [0.29, 0.717) is 18.4 Å². The van der Waals surface area contributed by atoms with Crippen molar-refractivity contribution in [2.24, 2.45) is 17.8 Å². The number of halogens is 1. The van der Waals surface area contributed by atoms with E-state index in [9.17, 15) is 4.79 Å². The van der Waals surface area contributed by atoms with Gasteiger partial charge in [0.15, 0.2) is 0 Å². The standard InChI is InChI=1S/C15H18BrNO/c16-13-5-2-10(3-6-13)9-17-15(18)14-8-11-1-4-12(14)7-11/h2-3,5-6,11-12,14H,1,4,7-9H2,(H,17,18). The normalized spacial score (nSPS) is 29.5. The van der Waals surface area contributed by atoms with Crippen LogP contribution >= 0.6 is 15.9 Å². The Morgan fingerprint density at radius 1 is 1.22 bits per heavy atom. The van der Waals surface area contributed by atoms with Gasteiger partial charge < -0.3 is 5.32 Å². The summed E-state index contributed by atoms with van der Waals surface area (Å²) in [6.45, 7) is 0.653. The average Bonchev–Trinajstić information content (AvgIpc) is 3.00. The first-order chi connectivity index (χ1) is 8.72. The lowest BCUT2D eigenvalue weighted by Crippen LogP contribution is -2.33. The van der Waals surface area contributed by atoms with Crippen molar-refractivity contribution >= 4 is 21.8 Å². The molecule has 1 N–H and O–H groups in total. The molecule has 3 heteroatoms. The van der Waals surface area contributed by atoms with E-state index in [1.165, 1.54) is 19.3 Å². The number of carbonyl (C=O) groups excluding carboxylic acids is 1. The fraction of sp³-hybridized carbons (Fsp3) is 0.533. The molecular weight excluding hydrogens is 290 g/mol. The van der Waals surface area contributed by atoms with E-state index in [1.54, 1.807) is 0 Å². The first kappa shape index (κ1) is 12.2. The van der Waals surface area contributed by atoms with Crippen molar-refractivity contribution in [1.29, 1.82) is 0 Å². The Hall–Kier alpha value is -0.830. The maximum atomic E-state index is 12.2. The second-order valence-corrected chi connectivity index (χ2v) is 6.54. The van der Waals surface area contributed by atoms with Gasteiger partial charge in [0.1, 0.15) is 0 Å². The molecule has 18 heavy (non-hydrogen) atoms. The minimum absolute atomic E-state index is 0.269. The number of benzene rings is 1. The zero-order valence-corrected chi connectivity index (χ0v) is 11.9. The average molecular weight is 308 g/mol. The quantitative estimate of drug-likeness (QED) is 0.910. The predicted octanol–water partition coefficient (Wildman–Crippen LogP) is 3.50. The SMILES string of the molecule is O=C(NCc1ccc(Br)cc1)C1CC2CCC1C2. The summed E-state index contributed by atoms with van der Waals surface area (Å²) in [4.78, 5) is 12.2. The third kappa shape index (κ3) is 2.46. The Morgan fingerprint density at radius 3 is 2.61 bits per heavy atom. The minimum Gasteiger partial charge on any atom is -0.352 e. The topological polar surface area (TPSA) is 29.1 Å². The Labute approximate surface area is 116 Å². The van der Waals surface area contributed by atoms with Crippen LogP contribution in [0, 0.1) is 17.8 Å². The van der Waals surface area contributed by atoms with E-state index >= 15 is 0 Å². The number of fused-ring (bicyclic) bond motifs is 2. The molecule has 0 aromatic heterocycles. The van der Waals surface area contributed by atoms with Gasteiger partial charge in [0.25, 0.3) is 0 Å². The van der Waals surface area contributed by atoms with Crippen LogP contribution < -0.4 is 5.32 Å². The molecule has 1 aromatic rings. The summed E-state index contributed by atoms with van der Waals surface area (Å²) in [5.41, 5.74) is 1.16. The molecule has 3 atom stereocenters. The van der Waals surface area contributed by atoms with Gasteiger partial charge in [-0.1, -0.05) is 34.5 Å². The van der Waals surface area contributed by atoms with Crippen molar-refractivity contribution in [2.45, 2.75) is 32.2 Å². The molecule has 2 aliphatic rings. The van der Waals surface area contributed by atoms with Gasteiger partial charge in [0, 0.05) is 16.9 Å². The highest BCUT2D eigenvalue weighted by atomic mass is 79.9. The highest BCUT2D eigenvalue weighted by molar-refractivity contribution is 9.10. The molecular formula is C15H18BrNO. The predicted molar refractivity (Wildman–Crippen MR) is 74.9 cm³/mol. The van der Waals surface area contributed by atoms with E-state index in [-0.39, 0.29) is 5.91 Å². The van der Waals surface area contributed by atoms with Crippen LogP contribution in [0.15, 0.2) is 28.7 Å². The van der Waals surface area contributed by atoms with Crippen LogP contribution in [0.25, 0.3) is 0 Å². The van der Waals surface area contributed by atoms with Gasteiger partial charge >= 0.3 is 0 Å². The van der Waals surface area contributed by atoms with Crippen molar-refractivity contribution in [1.82, 2.24) is 5.32 Å². The fourth-order valence-corrected chi connectivity index (χ4v) is 3.75. The van der Waals surface area contributed by atoms with Crippen LogP contribution in [0.4, 0.5) is 0 Å². The molecule has 2 nitrogen and oxygen atoms in total. The summed E-state index contributed by atoms with van der Waals surface area (Å²) in [6, 6.07) is 8.12. The lowest BCUT2D eigenvalue weighted by molar-refractivity contribution is -0.126. The second-order valence-electron chi connectivity index (χ2n) is 5.63. The molecule has 2 fully saturated rings. The van der Waals surface area contributed by atoms with Gasteiger partial charge in [-0.25, -0.2) is 0 Å². The minimum atomic E-state index is 0.269. The molecule has 3 rings (SSSR count). The van der Waals surface area contributed by atoms with Gasteiger partial charge in [-0.3, -0.25) is 4.79 Å². The number of amides is 1. The zero-order valence-electron chi connectivity index (χ0n) is 10.4. The summed E-state index contributed by atoms with van der Waals surface area (Å²) in [6.07, 6.45) is 5.02. The molecule has 3 unspecified atom stereocenters. The summed E-state index contributed by atoms with van der Waals surface area (Å²) >= 11 is 3.41. The van der Waals surface area contributed by atoms with E-state index in [0.717, 1.165) is 22.4 Å². The Bertz CT molecular complexity index is 442. The highest BCUT2D eigenvalue weighted by Crippen LogP contribution is 2.48.